The summed E-state index contributed by atoms with van der Waals surface area (Å²) in [4.78, 5) is 0. The van der Waals surface area contributed by atoms with Crippen molar-refractivity contribution in [3.8, 4) is 0 Å². The van der Waals surface area contributed by atoms with E-state index in [1.165, 1.54) is 0 Å². The molecule has 0 radical (unpaired) electrons. The quantitative estimate of drug-likeness (QED) is 0.750. The molecule has 0 saturated carbocycles. The fourth-order valence-corrected chi connectivity index (χ4v) is 1.97. The minimum absolute atomic E-state index is 0.539. The van der Waals surface area contributed by atoms with Crippen molar-refractivity contribution in [3.05, 3.63) is 22.4 Å². The number of halogens is 1. The third-order valence-electron chi connectivity index (χ3n) is 2.48. The SMILES string of the molecule is COCCn1ncc(Br)c1/C=C/CCNC(C)C. The van der Waals surface area contributed by atoms with E-state index >= 15 is 0 Å². The Labute approximate surface area is 118 Å². The van der Waals surface area contributed by atoms with E-state index in [0.29, 0.717) is 12.6 Å². The van der Waals surface area contributed by atoms with Crippen molar-refractivity contribution in [3.63, 3.8) is 0 Å². The predicted molar refractivity (Wildman–Crippen MR) is 78.6 cm³/mol. The third kappa shape index (κ3) is 5.33. The summed E-state index contributed by atoms with van der Waals surface area (Å²) in [6.45, 7) is 6.74. The second-order valence-electron chi connectivity index (χ2n) is 4.39. The molecular formula is C13H22BrN3O. The second kappa shape index (κ2) is 8.45. The van der Waals surface area contributed by atoms with Gasteiger partial charge in [0, 0.05) is 13.2 Å². The normalized spacial score (nSPS) is 11.8. The first-order valence-corrected chi connectivity index (χ1v) is 7.04. The van der Waals surface area contributed by atoms with Crippen LogP contribution in [0.3, 0.4) is 0 Å². The Bertz CT molecular complexity index is 374. The Morgan fingerprint density at radius 1 is 1.56 bits per heavy atom. The summed E-state index contributed by atoms with van der Waals surface area (Å²) in [6, 6.07) is 0.539. The number of nitrogens with one attached hydrogen (secondary N) is 1. The first kappa shape index (κ1) is 15.4. The van der Waals surface area contributed by atoms with E-state index in [-0.39, 0.29) is 0 Å². The van der Waals surface area contributed by atoms with Gasteiger partial charge >= 0.3 is 0 Å². The van der Waals surface area contributed by atoms with E-state index in [2.05, 4.69) is 52.3 Å². The molecule has 1 rings (SSSR count). The van der Waals surface area contributed by atoms with Gasteiger partial charge in [-0.05, 0) is 35.0 Å². The molecule has 5 heteroatoms. The Kier molecular flexibility index (Phi) is 7.23. The van der Waals surface area contributed by atoms with E-state index in [0.717, 1.165) is 29.7 Å². The molecule has 0 fully saturated rings. The molecule has 4 nitrogen and oxygen atoms in total. The molecule has 0 aliphatic rings. The zero-order valence-corrected chi connectivity index (χ0v) is 12.9. The summed E-state index contributed by atoms with van der Waals surface area (Å²) in [5, 5.41) is 7.69. The van der Waals surface area contributed by atoms with Gasteiger partial charge in [-0.2, -0.15) is 5.10 Å². The highest BCUT2D eigenvalue weighted by Gasteiger charge is 2.04. The van der Waals surface area contributed by atoms with Crippen LogP contribution in [0.5, 0.6) is 0 Å². The molecule has 1 aromatic heterocycles. The van der Waals surface area contributed by atoms with Crippen molar-refractivity contribution in [1.29, 1.82) is 0 Å². The molecule has 0 bridgehead atoms. The Balaban J connectivity index is 2.49. The van der Waals surface area contributed by atoms with Crippen LogP contribution in [-0.2, 0) is 11.3 Å². The van der Waals surface area contributed by atoms with Crippen LogP contribution in [0, 0.1) is 0 Å². The summed E-state index contributed by atoms with van der Waals surface area (Å²) in [5.41, 5.74) is 1.09. The second-order valence-corrected chi connectivity index (χ2v) is 5.25. The lowest BCUT2D eigenvalue weighted by atomic mass is 10.3. The standard InChI is InChI=1S/C13H22BrN3O/c1-11(2)15-7-5-4-6-13-12(14)10-16-17(13)8-9-18-3/h4,6,10-11,15H,5,7-9H2,1-3H3/b6-4+. The summed E-state index contributed by atoms with van der Waals surface area (Å²) in [7, 11) is 1.70. The summed E-state index contributed by atoms with van der Waals surface area (Å²) >= 11 is 3.51. The third-order valence-corrected chi connectivity index (χ3v) is 3.09. The van der Waals surface area contributed by atoms with Crippen LogP contribution in [0.25, 0.3) is 6.08 Å². The van der Waals surface area contributed by atoms with Crippen LogP contribution in [0.15, 0.2) is 16.7 Å². The lowest BCUT2D eigenvalue weighted by molar-refractivity contribution is 0.183. The van der Waals surface area contributed by atoms with Gasteiger partial charge in [0.15, 0.2) is 0 Å². The van der Waals surface area contributed by atoms with Gasteiger partial charge in [-0.3, -0.25) is 4.68 Å². The smallest absolute Gasteiger partial charge is 0.0750 e. The molecule has 0 atom stereocenters. The van der Waals surface area contributed by atoms with Crippen molar-refractivity contribution in [2.75, 3.05) is 20.3 Å². The average Bonchev–Trinajstić information content (AvgIpc) is 2.67. The average molecular weight is 316 g/mol. The minimum Gasteiger partial charge on any atom is -0.383 e. The zero-order chi connectivity index (χ0) is 13.4. The highest BCUT2D eigenvalue weighted by Crippen LogP contribution is 2.17. The molecular weight excluding hydrogens is 294 g/mol. The number of hydrogen-bond donors (Lipinski definition) is 1. The number of methoxy groups -OCH3 is 1. The minimum atomic E-state index is 0.539. The van der Waals surface area contributed by atoms with Crippen molar-refractivity contribution in [2.45, 2.75) is 32.9 Å². The van der Waals surface area contributed by atoms with Gasteiger partial charge in [-0.1, -0.05) is 19.9 Å². The predicted octanol–water partition coefficient (Wildman–Crippen LogP) is 2.69. The lowest BCUT2D eigenvalue weighted by Crippen LogP contribution is -2.23. The molecule has 0 unspecified atom stereocenters. The number of ether oxygens (including phenoxy) is 1. The highest BCUT2D eigenvalue weighted by atomic mass is 79.9. The van der Waals surface area contributed by atoms with Gasteiger partial charge in [-0.25, -0.2) is 0 Å². The summed E-state index contributed by atoms with van der Waals surface area (Å²) in [5.74, 6) is 0. The molecule has 1 heterocycles. The first-order valence-electron chi connectivity index (χ1n) is 6.25. The lowest BCUT2D eigenvalue weighted by Gasteiger charge is -2.06. The molecule has 0 spiro atoms. The number of hydrogen-bond acceptors (Lipinski definition) is 3. The van der Waals surface area contributed by atoms with Gasteiger partial charge in [0.05, 0.1) is 29.5 Å². The zero-order valence-electron chi connectivity index (χ0n) is 11.3. The van der Waals surface area contributed by atoms with Crippen molar-refractivity contribution >= 4 is 22.0 Å². The van der Waals surface area contributed by atoms with Gasteiger partial charge in [0.2, 0.25) is 0 Å². The van der Waals surface area contributed by atoms with Gasteiger partial charge in [0.25, 0.3) is 0 Å². The van der Waals surface area contributed by atoms with Crippen molar-refractivity contribution in [2.24, 2.45) is 0 Å². The van der Waals surface area contributed by atoms with E-state index < -0.39 is 0 Å². The van der Waals surface area contributed by atoms with Crippen LogP contribution in [0.1, 0.15) is 26.0 Å². The number of rotatable bonds is 8. The maximum Gasteiger partial charge on any atom is 0.0750 e. The number of nitrogens with zero attached hydrogens (tertiary/aromatic N) is 2. The van der Waals surface area contributed by atoms with E-state index in [4.69, 9.17) is 4.74 Å². The van der Waals surface area contributed by atoms with Crippen LogP contribution in [0.4, 0.5) is 0 Å². The topological polar surface area (TPSA) is 39.1 Å². The Morgan fingerprint density at radius 2 is 2.33 bits per heavy atom. The fourth-order valence-electron chi connectivity index (χ4n) is 1.54. The van der Waals surface area contributed by atoms with Gasteiger partial charge < -0.3 is 10.1 Å². The molecule has 1 aromatic rings. The van der Waals surface area contributed by atoms with Crippen molar-refractivity contribution < 1.29 is 4.74 Å². The van der Waals surface area contributed by atoms with Crippen LogP contribution >= 0.6 is 15.9 Å². The van der Waals surface area contributed by atoms with Crippen LogP contribution < -0.4 is 5.32 Å². The molecule has 102 valence electrons. The molecule has 0 amide bonds. The molecule has 0 aromatic carbocycles. The van der Waals surface area contributed by atoms with Gasteiger partial charge in [0.1, 0.15) is 0 Å². The Morgan fingerprint density at radius 3 is 3.00 bits per heavy atom. The molecule has 0 saturated heterocycles. The maximum absolute atomic E-state index is 5.07. The first-order chi connectivity index (χ1) is 8.65. The fraction of sp³-hybridized carbons (Fsp3) is 0.615. The molecule has 1 N–H and O–H groups in total. The van der Waals surface area contributed by atoms with Crippen LogP contribution in [-0.4, -0.2) is 36.1 Å². The number of aromatic nitrogens is 2. The highest BCUT2D eigenvalue weighted by molar-refractivity contribution is 9.10. The van der Waals surface area contributed by atoms with E-state index in [1.54, 1.807) is 7.11 Å². The van der Waals surface area contributed by atoms with Crippen LogP contribution in [0.2, 0.25) is 0 Å². The summed E-state index contributed by atoms with van der Waals surface area (Å²) < 4.78 is 8.03. The Hall–Kier alpha value is -0.650. The monoisotopic (exact) mass is 315 g/mol. The van der Waals surface area contributed by atoms with E-state index in [9.17, 15) is 0 Å². The van der Waals surface area contributed by atoms with Gasteiger partial charge in [-0.15, -0.1) is 0 Å². The van der Waals surface area contributed by atoms with Crippen molar-refractivity contribution in [1.82, 2.24) is 15.1 Å². The largest absolute Gasteiger partial charge is 0.383 e. The summed E-state index contributed by atoms with van der Waals surface area (Å²) in [6.07, 6.45) is 7.11. The molecule has 0 aliphatic heterocycles. The molecule has 18 heavy (non-hydrogen) atoms. The molecule has 0 aliphatic carbocycles. The van der Waals surface area contributed by atoms with E-state index in [1.807, 2.05) is 10.9 Å². The maximum atomic E-state index is 5.07.